The summed E-state index contributed by atoms with van der Waals surface area (Å²) in [6, 6.07) is 0. The zero-order valence-electron chi connectivity index (χ0n) is 7.64. The van der Waals surface area contributed by atoms with Crippen LogP contribution < -0.4 is 5.32 Å². The highest BCUT2D eigenvalue weighted by Crippen LogP contribution is 2.28. The average Bonchev–Trinajstić information content (AvgIpc) is 2.74. The zero-order valence-corrected chi connectivity index (χ0v) is 9.27. The third-order valence-corrected chi connectivity index (χ3v) is 3.22. The number of halogens is 1. The highest BCUT2D eigenvalue weighted by molar-refractivity contribution is 8.00. The molecule has 0 aliphatic rings. The van der Waals surface area contributed by atoms with Gasteiger partial charge in [-0.1, -0.05) is 11.3 Å². The van der Waals surface area contributed by atoms with Gasteiger partial charge in [0.05, 0.1) is 6.20 Å². The first-order valence-corrected chi connectivity index (χ1v) is 5.63. The van der Waals surface area contributed by atoms with E-state index in [1.165, 1.54) is 11.3 Å². The molecule has 2 aromatic heterocycles. The van der Waals surface area contributed by atoms with Gasteiger partial charge in [-0.25, -0.2) is 14.4 Å². The molecule has 8 heteroatoms. The van der Waals surface area contributed by atoms with E-state index in [0.717, 1.165) is 18.0 Å². The first kappa shape index (κ1) is 10.2. The fourth-order valence-electron chi connectivity index (χ4n) is 0.834. The summed E-state index contributed by atoms with van der Waals surface area (Å²) >= 11 is 2.46. The van der Waals surface area contributed by atoms with Crippen molar-refractivity contribution < 1.29 is 4.39 Å². The van der Waals surface area contributed by atoms with Crippen LogP contribution in [-0.2, 0) is 0 Å². The van der Waals surface area contributed by atoms with Crippen molar-refractivity contribution in [3.8, 4) is 0 Å². The Bertz CT molecular complexity index is 447. The average molecular weight is 243 g/mol. The lowest BCUT2D eigenvalue weighted by Gasteiger charge is -2.01. The van der Waals surface area contributed by atoms with Crippen molar-refractivity contribution in [1.29, 1.82) is 0 Å². The molecule has 5 nitrogen and oxygen atoms in total. The summed E-state index contributed by atoms with van der Waals surface area (Å²) in [4.78, 5) is 7.71. The monoisotopic (exact) mass is 243 g/mol. The number of hydrogen-bond donors (Lipinski definition) is 1. The second-order valence-corrected chi connectivity index (χ2v) is 4.47. The molecule has 2 heterocycles. The van der Waals surface area contributed by atoms with Crippen molar-refractivity contribution in [3.05, 3.63) is 17.5 Å². The summed E-state index contributed by atoms with van der Waals surface area (Å²) in [6.45, 7) is 0. The van der Waals surface area contributed by atoms with Crippen LogP contribution in [0, 0.1) is 5.82 Å². The van der Waals surface area contributed by atoms with Crippen LogP contribution in [0.4, 0.5) is 10.3 Å². The van der Waals surface area contributed by atoms with Crippen LogP contribution in [0.1, 0.15) is 0 Å². The molecule has 0 aromatic carbocycles. The highest BCUT2D eigenvalue weighted by atomic mass is 32.2. The SMILES string of the molecule is CNc1ncc(F)c(Sc2nncs2)n1. The third kappa shape index (κ3) is 2.39. The Morgan fingerprint density at radius 1 is 1.53 bits per heavy atom. The van der Waals surface area contributed by atoms with Gasteiger partial charge in [-0.15, -0.1) is 10.2 Å². The quantitative estimate of drug-likeness (QED) is 0.827. The van der Waals surface area contributed by atoms with Crippen molar-refractivity contribution in [2.45, 2.75) is 9.37 Å². The first-order valence-electron chi connectivity index (χ1n) is 3.94. The van der Waals surface area contributed by atoms with E-state index < -0.39 is 5.82 Å². The van der Waals surface area contributed by atoms with Gasteiger partial charge in [0.25, 0.3) is 0 Å². The van der Waals surface area contributed by atoms with E-state index in [1.54, 1.807) is 12.6 Å². The molecular formula is C7H6FN5S2. The number of anilines is 1. The molecule has 0 aliphatic carbocycles. The smallest absolute Gasteiger partial charge is 0.223 e. The van der Waals surface area contributed by atoms with E-state index in [9.17, 15) is 4.39 Å². The summed E-state index contributed by atoms with van der Waals surface area (Å²) < 4.78 is 13.9. The molecule has 0 saturated carbocycles. The van der Waals surface area contributed by atoms with Crippen LogP contribution in [0.25, 0.3) is 0 Å². The second-order valence-electron chi connectivity index (χ2n) is 2.40. The van der Waals surface area contributed by atoms with Gasteiger partial charge < -0.3 is 5.32 Å². The van der Waals surface area contributed by atoms with E-state index in [4.69, 9.17) is 0 Å². The molecule has 0 unspecified atom stereocenters. The number of nitrogens with zero attached hydrogens (tertiary/aromatic N) is 4. The van der Waals surface area contributed by atoms with E-state index in [0.29, 0.717) is 10.3 Å². The minimum Gasteiger partial charge on any atom is -0.357 e. The summed E-state index contributed by atoms with van der Waals surface area (Å²) in [5, 5.41) is 10.4. The molecule has 2 aromatic rings. The largest absolute Gasteiger partial charge is 0.357 e. The fourth-order valence-corrected chi connectivity index (χ4v) is 2.21. The summed E-state index contributed by atoms with van der Waals surface area (Å²) in [5.74, 6) is -0.0855. The molecule has 1 N–H and O–H groups in total. The van der Waals surface area contributed by atoms with E-state index in [-0.39, 0.29) is 5.03 Å². The van der Waals surface area contributed by atoms with E-state index >= 15 is 0 Å². The van der Waals surface area contributed by atoms with Crippen molar-refractivity contribution in [2.24, 2.45) is 0 Å². The van der Waals surface area contributed by atoms with Crippen LogP contribution in [0.3, 0.4) is 0 Å². The Balaban J connectivity index is 2.27. The molecule has 0 aliphatic heterocycles. The van der Waals surface area contributed by atoms with Crippen molar-refractivity contribution in [3.63, 3.8) is 0 Å². The third-order valence-electron chi connectivity index (χ3n) is 1.46. The van der Waals surface area contributed by atoms with Crippen LogP contribution in [0.5, 0.6) is 0 Å². The van der Waals surface area contributed by atoms with Crippen LogP contribution in [-0.4, -0.2) is 27.2 Å². The molecule has 15 heavy (non-hydrogen) atoms. The number of aromatic nitrogens is 4. The van der Waals surface area contributed by atoms with Crippen molar-refractivity contribution in [1.82, 2.24) is 20.2 Å². The van der Waals surface area contributed by atoms with Crippen molar-refractivity contribution in [2.75, 3.05) is 12.4 Å². The number of nitrogens with one attached hydrogen (secondary N) is 1. The van der Waals surface area contributed by atoms with Crippen molar-refractivity contribution >= 4 is 29.0 Å². The molecule has 0 amide bonds. The van der Waals surface area contributed by atoms with Gasteiger partial charge in [-0.2, -0.15) is 0 Å². The fraction of sp³-hybridized carbons (Fsp3) is 0.143. The Kier molecular flexibility index (Phi) is 3.07. The minimum atomic E-state index is -0.464. The topological polar surface area (TPSA) is 63.6 Å². The lowest BCUT2D eigenvalue weighted by atomic mass is 10.6. The number of hydrogen-bond acceptors (Lipinski definition) is 7. The van der Waals surface area contributed by atoms with Gasteiger partial charge in [0, 0.05) is 7.05 Å². The molecule has 0 radical (unpaired) electrons. The highest BCUT2D eigenvalue weighted by Gasteiger charge is 2.09. The van der Waals surface area contributed by atoms with Gasteiger partial charge in [0.1, 0.15) is 10.5 Å². The standard InChI is InChI=1S/C7H6FN5S2/c1-9-6-10-2-4(8)5(12-6)15-7-13-11-3-14-7/h2-3H,1H3,(H,9,10,12). The predicted molar refractivity (Wildman–Crippen MR) is 55.6 cm³/mol. The maximum Gasteiger partial charge on any atom is 0.223 e. The lowest BCUT2D eigenvalue weighted by Crippen LogP contribution is -1.98. The molecule has 78 valence electrons. The minimum absolute atomic E-state index is 0.242. The Labute approximate surface area is 93.2 Å². The molecule has 0 fully saturated rings. The maximum atomic E-state index is 13.3. The lowest BCUT2D eigenvalue weighted by molar-refractivity contribution is 0.580. The van der Waals surface area contributed by atoms with E-state index in [1.807, 2.05) is 0 Å². The number of rotatable bonds is 3. The molecule has 0 bridgehead atoms. The van der Waals surface area contributed by atoms with Crippen LogP contribution in [0.2, 0.25) is 0 Å². The Hall–Kier alpha value is -1.28. The predicted octanol–water partition coefficient (Wildman–Crippen LogP) is 1.66. The summed E-state index contributed by atoms with van der Waals surface area (Å²) in [7, 11) is 1.67. The molecule has 2 rings (SSSR count). The summed E-state index contributed by atoms with van der Waals surface area (Å²) in [5.41, 5.74) is 1.58. The Morgan fingerprint density at radius 3 is 3.07 bits per heavy atom. The van der Waals surface area contributed by atoms with Gasteiger partial charge in [0.15, 0.2) is 10.2 Å². The molecular weight excluding hydrogens is 237 g/mol. The zero-order chi connectivity index (χ0) is 10.7. The maximum absolute atomic E-state index is 13.3. The van der Waals surface area contributed by atoms with Crippen LogP contribution in [0.15, 0.2) is 21.1 Å². The van der Waals surface area contributed by atoms with E-state index in [2.05, 4.69) is 25.5 Å². The summed E-state index contributed by atoms with van der Waals surface area (Å²) in [6.07, 6.45) is 1.13. The molecule has 0 saturated heterocycles. The van der Waals surface area contributed by atoms with Gasteiger partial charge in [-0.05, 0) is 11.8 Å². The van der Waals surface area contributed by atoms with Gasteiger partial charge in [0.2, 0.25) is 5.95 Å². The van der Waals surface area contributed by atoms with Gasteiger partial charge >= 0.3 is 0 Å². The second kappa shape index (κ2) is 4.49. The Morgan fingerprint density at radius 2 is 2.40 bits per heavy atom. The normalized spacial score (nSPS) is 10.3. The first-order chi connectivity index (χ1) is 7.29. The van der Waals surface area contributed by atoms with Crippen LogP contribution >= 0.6 is 23.1 Å². The van der Waals surface area contributed by atoms with Gasteiger partial charge in [-0.3, -0.25) is 0 Å². The molecule has 0 atom stereocenters. The molecule has 0 spiro atoms.